The van der Waals surface area contributed by atoms with Crippen LogP contribution in [0.5, 0.6) is 0 Å². The molecule has 0 radical (unpaired) electrons. The maximum absolute atomic E-state index is 13.1. The maximum atomic E-state index is 13.1. The molecular formula is C22H32F3N3O5. The summed E-state index contributed by atoms with van der Waals surface area (Å²) in [4.78, 5) is 40.9. The van der Waals surface area contributed by atoms with Crippen molar-refractivity contribution < 1.29 is 37.1 Å². The minimum Gasteiger partial charge on any atom is -0.475 e. The predicted octanol–water partition coefficient (Wildman–Crippen LogP) is 2.93. The number of rotatable bonds is 3. The van der Waals surface area contributed by atoms with Crippen LogP contribution < -0.4 is 0 Å². The summed E-state index contributed by atoms with van der Waals surface area (Å²) < 4.78 is 37.2. The van der Waals surface area contributed by atoms with Gasteiger partial charge in [-0.15, -0.1) is 0 Å². The van der Waals surface area contributed by atoms with Crippen molar-refractivity contribution >= 4 is 17.8 Å². The van der Waals surface area contributed by atoms with Crippen molar-refractivity contribution in [3.8, 4) is 0 Å². The summed E-state index contributed by atoms with van der Waals surface area (Å²) in [6.07, 6.45) is -3.69. The average Bonchev–Trinajstić information content (AvgIpc) is 3.06. The highest BCUT2D eigenvalue weighted by Crippen LogP contribution is 2.34. The molecule has 1 aromatic heterocycles. The quantitative estimate of drug-likeness (QED) is 0.723. The van der Waals surface area contributed by atoms with Crippen LogP contribution in [-0.4, -0.2) is 89.1 Å². The van der Waals surface area contributed by atoms with E-state index in [0.717, 1.165) is 25.4 Å². The van der Waals surface area contributed by atoms with Crippen LogP contribution in [0.3, 0.4) is 0 Å². The summed E-state index contributed by atoms with van der Waals surface area (Å²) in [6, 6.07) is 1.81. The topological polar surface area (TPSA) is 94.3 Å². The zero-order chi connectivity index (χ0) is 25.1. The molecule has 0 saturated carbocycles. The Labute approximate surface area is 191 Å². The van der Waals surface area contributed by atoms with Gasteiger partial charge in [0.05, 0.1) is 5.56 Å². The zero-order valence-corrected chi connectivity index (χ0v) is 19.7. The third-order valence-corrected chi connectivity index (χ3v) is 6.03. The number of hydrogen-bond acceptors (Lipinski definition) is 5. The number of nitrogens with zero attached hydrogens (tertiary/aromatic N) is 3. The number of likely N-dealkylation sites (N-methyl/N-ethyl adjacent to an activating group) is 1. The Morgan fingerprint density at radius 3 is 2.12 bits per heavy atom. The van der Waals surface area contributed by atoms with E-state index in [9.17, 15) is 22.8 Å². The molecule has 1 N–H and O–H groups in total. The largest absolute Gasteiger partial charge is 0.490 e. The Kier molecular flexibility index (Phi) is 8.21. The fraction of sp³-hybridized carbons (Fsp3) is 0.682. The molecule has 3 heterocycles. The molecular weight excluding hydrogens is 443 g/mol. The smallest absolute Gasteiger partial charge is 0.475 e. The van der Waals surface area contributed by atoms with Gasteiger partial charge in [0.25, 0.3) is 5.91 Å². The number of carboxylic acid groups (broad SMARTS) is 1. The van der Waals surface area contributed by atoms with Gasteiger partial charge < -0.3 is 19.3 Å². The van der Waals surface area contributed by atoms with Crippen LogP contribution in [0.1, 0.15) is 48.6 Å². The predicted molar refractivity (Wildman–Crippen MR) is 114 cm³/mol. The minimum absolute atomic E-state index is 0.0150. The molecule has 1 aromatic rings. The van der Waals surface area contributed by atoms with Crippen molar-refractivity contribution in [2.24, 2.45) is 5.92 Å². The van der Waals surface area contributed by atoms with Crippen molar-refractivity contribution in [3.63, 3.8) is 0 Å². The number of aryl methyl sites for hydroxylation is 2. The molecule has 11 heteroatoms. The second-order valence-electron chi connectivity index (χ2n) is 9.02. The number of halogens is 3. The van der Waals surface area contributed by atoms with Gasteiger partial charge in [-0.2, -0.15) is 13.2 Å². The number of amides is 2. The third kappa shape index (κ3) is 6.07. The highest BCUT2D eigenvalue weighted by molar-refractivity contribution is 5.96. The maximum Gasteiger partial charge on any atom is 0.490 e. The van der Waals surface area contributed by atoms with E-state index < -0.39 is 17.7 Å². The number of carbonyl (C=O) groups is 3. The van der Waals surface area contributed by atoms with Gasteiger partial charge in [0.2, 0.25) is 5.91 Å². The molecule has 0 bridgehead atoms. The zero-order valence-electron chi connectivity index (χ0n) is 19.7. The lowest BCUT2D eigenvalue weighted by Crippen LogP contribution is -2.68. The normalized spacial score (nSPS) is 19.0. The monoisotopic (exact) mass is 475 g/mol. The number of carboxylic acids is 1. The lowest BCUT2D eigenvalue weighted by Gasteiger charge is -2.52. The van der Waals surface area contributed by atoms with Crippen molar-refractivity contribution in [1.82, 2.24) is 14.7 Å². The second-order valence-corrected chi connectivity index (χ2v) is 9.02. The van der Waals surface area contributed by atoms with Crippen LogP contribution >= 0.6 is 0 Å². The molecule has 2 aliphatic heterocycles. The first kappa shape index (κ1) is 26.7. The molecule has 3 rings (SSSR count). The van der Waals surface area contributed by atoms with E-state index in [0.29, 0.717) is 43.2 Å². The van der Waals surface area contributed by atoms with Gasteiger partial charge in [0.15, 0.2) is 0 Å². The Balaban J connectivity index is 0.000000479. The van der Waals surface area contributed by atoms with E-state index in [1.165, 1.54) is 0 Å². The van der Waals surface area contributed by atoms with Crippen molar-refractivity contribution in [3.05, 3.63) is 23.2 Å². The fourth-order valence-electron chi connectivity index (χ4n) is 4.41. The molecule has 33 heavy (non-hydrogen) atoms. The van der Waals surface area contributed by atoms with E-state index in [2.05, 4.69) is 18.7 Å². The summed E-state index contributed by atoms with van der Waals surface area (Å²) in [5.41, 5.74) is 0.194. The van der Waals surface area contributed by atoms with Gasteiger partial charge in [0, 0.05) is 39.8 Å². The number of hydrogen-bond donors (Lipinski definition) is 1. The van der Waals surface area contributed by atoms with Gasteiger partial charge in [-0.25, -0.2) is 4.79 Å². The van der Waals surface area contributed by atoms with Gasteiger partial charge in [-0.3, -0.25) is 14.5 Å². The minimum atomic E-state index is -5.08. The molecule has 2 amide bonds. The van der Waals surface area contributed by atoms with Crippen LogP contribution in [0.4, 0.5) is 13.2 Å². The number of carbonyl (C=O) groups excluding carboxylic acids is 2. The summed E-state index contributed by atoms with van der Waals surface area (Å²) in [7, 11) is 1.89. The van der Waals surface area contributed by atoms with Crippen molar-refractivity contribution in [1.29, 1.82) is 0 Å². The van der Waals surface area contributed by atoms with E-state index in [-0.39, 0.29) is 11.8 Å². The molecule has 0 unspecified atom stereocenters. The number of alkyl halides is 3. The first-order valence-corrected chi connectivity index (χ1v) is 10.9. The molecule has 0 atom stereocenters. The van der Waals surface area contributed by atoms with Crippen LogP contribution in [0.25, 0.3) is 0 Å². The molecule has 0 aliphatic carbocycles. The van der Waals surface area contributed by atoms with E-state index in [1.807, 2.05) is 36.8 Å². The van der Waals surface area contributed by atoms with Crippen molar-refractivity contribution in [2.75, 3.05) is 39.8 Å². The summed E-state index contributed by atoms with van der Waals surface area (Å²) in [5.74, 6) is -0.589. The van der Waals surface area contributed by atoms with Crippen LogP contribution in [-0.2, 0) is 9.59 Å². The first-order valence-electron chi connectivity index (χ1n) is 10.9. The average molecular weight is 476 g/mol. The number of likely N-dealkylation sites (tertiary alicyclic amines) is 1. The molecule has 8 nitrogen and oxygen atoms in total. The van der Waals surface area contributed by atoms with E-state index in [1.54, 1.807) is 0 Å². The highest BCUT2D eigenvalue weighted by Gasteiger charge is 2.50. The third-order valence-electron chi connectivity index (χ3n) is 6.03. The Hall–Kier alpha value is -2.56. The summed E-state index contributed by atoms with van der Waals surface area (Å²) in [5, 5.41) is 7.12. The standard InChI is InChI=1S/C20H31N3O3.C2HF3O2/c1-14(2)13-23-11-10-21(5)19(25)20(23)6-8-22(9-7-20)18(24)17-12-15(3)26-16(17)4;3-2(4,5)1(6)7/h12,14H,6-11,13H2,1-5H3;(H,6,7). The number of furan rings is 1. The molecule has 2 aliphatic rings. The Morgan fingerprint density at radius 1 is 1.15 bits per heavy atom. The van der Waals surface area contributed by atoms with Gasteiger partial charge in [0.1, 0.15) is 17.1 Å². The Bertz CT molecular complexity index is 873. The van der Waals surface area contributed by atoms with Crippen LogP contribution in [0.2, 0.25) is 0 Å². The van der Waals surface area contributed by atoms with Gasteiger partial charge >= 0.3 is 12.1 Å². The van der Waals surface area contributed by atoms with Gasteiger partial charge in [-0.1, -0.05) is 13.8 Å². The molecule has 0 aromatic carbocycles. The molecule has 1 spiro atoms. The molecule has 186 valence electrons. The molecule has 2 fully saturated rings. The van der Waals surface area contributed by atoms with Gasteiger partial charge in [-0.05, 0) is 38.7 Å². The number of piperidine rings is 1. The fourth-order valence-corrected chi connectivity index (χ4v) is 4.41. The Morgan fingerprint density at radius 2 is 1.70 bits per heavy atom. The lowest BCUT2D eigenvalue weighted by atomic mass is 9.81. The second kappa shape index (κ2) is 10.1. The SMILES string of the molecule is Cc1cc(C(=O)N2CCC3(CC2)C(=O)N(C)CCN3CC(C)C)c(C)o1.O=C(O)C(F)(F)F. The van der Waals surface area contributed by atoms with E-state index >= 15 is 0 Å². The lowest BCUT2D eigenvalue weighted by molar-refractivity contribution is -0.192. The van der Waals surface area contributed by atoms with E-state index in [4.69, 9.17) is 14.3 Å². The van der Waals surface area contributed by atoms with Crippen LogP contribution in [0, 0.1) is 19.8 Å². The number of aliphatic carboxylic acids is 1. The highest BCUT2D eigenvalue weighted by atomic mass is 19.4. The van der Waals surface area contributed by atoms with Crippen molar-refractivity contribution in [2.45, 2.75) is 52.3 Å². The summed E-state index contributed by atoms with van der Waals surface area (Å²) >= 11 is 0. The number of piperazine rings is 1. The first-order chi connectivity index (χ1) is 15.2. The molecule has 2 saturated heterocycles. The van der Waals surface area contributed by atoms with Crippen LogP contribution in [0.15, 0.2) is 10.5 Å². The summed E-state index contributed by atoms with van der Waals surface area (Å²) in [6.45, 7) is 11.9.